The molecule has 1 heterocycles. The summed E-state index contributed by atoms with van der Waals surface area (Å²) in [6, 6.07) is 10.8. The average molecular weight is 494 g/mol. The van der Waals surface area contributed by atoms with Gasteiger partial charge >= 0.3 is 18.3 Å². The Morgan fingerprint density at radius 1 is 0.886 bits per heavy atom. The molecular weight excluding hydrogens is 478 g/mol. The third-order valence-electron chi connectivity index (χ3n) is 5.44. The topological polar surface area (TPSA) is 105 Å². The van der Waals surface area contributed by atoms with E-state index in [0.717, 1.165) is 47.4 Å². The Morgan fingerprint density at radius 2 is 1.46 bits per heavy atom. The third kappa shape index (κ3) is 4.16. The molecule has 12 heteroatoms. The number of fused-ring (bicyclic) bond motifs is 1. The van der Waals surface area contributed by atoms with Gasteiger partial charge in [-0.1, -0.05) is 30.3 Å². The van der Waals surface area contributed by atoms with Crippen LogP contribution in [0.2, 0.25) is 0 Å². The smallest absolute Gasteiger partial charge is 0.418 e. The molecule has 1 atom stereocenters. The predicted molar refractivity (Wildman–Crippen MR) is 114 cm³/mol. The maximum absolute atomic E-state index is 13.8. The van der Waals surface area contributed by atoms with Crippen LogP contribution in [0.25, 0.3) is 16.9 Å². The molecule has 1 aliphatic rings. The molecule has 3 aromatic carbocycles. The predicted octanol–water partition coefficient (Wildman–Crippen LogP) is 3.50. The molecule has 0 fully saturated rings. The zero-order valence-electron chi connectivity index (χ0n) is 17.5. The Bertz CT molecular complexity index is 1450. The lowest BCUT2D eigenvalue weighted by Crippen LogP contribution is -2.53. The molecule has 6 nitrogen and oxygen atoms in total. The molecule has 0 amide bonds. The quantitative estimate of drug-likeness (QED) is 0.484. The molecule has 0 saturated heterocycles. The molecule has 1 unspecified atom stereocenters. The largest absolute Gasteiger partial charge is 0.478 e. The van der Waals surface area contributed by atoms with E-state index >= 15 is 0 Å². The van der Waals surface area contributed by atoms with Crippen LogP contribution in [0.15, 0.2) is 65.7 Å². The maximum Gasteiger partial charge on any atom is 0.418 e. The van der Waals surface area contributed by atoms with Crippen LogP contribution in [0.1, 0.15) is 21.5 Å². The minimum absolute atomic E-state index is 0.0623. The van der Waals surface area contributed by atoms with Gasteiger partial charge in [-0.25, -0.2) is 9.79 Å². The molecule has 0 radical (unpaired) electrons. The van der Waals surface area contributed by atoms with Gasteiger partial charge in [0.2, 0.25) is 0 Å². The molecule has 182 valence electrons. The molecule has 0 saturated carbocycles. The molecular formula is C23H16F6N4O2. The number of rotatable bonds is 3. The highest BCUT2D eigenvalue weighted by Crippen LogP contribution is 2.39. The molecule has 5 N–H and O–H groups in total. The molecule has 0 aromatic heterocycles. The number of nitrogens with zero attached hydrogens (tertiary/aromatic N) is 2. The van der Waals surface area contributed by atoms with E-state index in [9.17, 15) is 36.2 Å². The molecule has 4 rings (SSSR count). The minimum atomic E-state index is -4.87. The first-order chi connectivity index (χ1) is 16.3. The molecule has 0 bridgehead atoms. The minimum Gasteiger partial charge on any atom is -0.478 e. The number of carboxylic acid groups (broad SMARTS) is 1. The van der Waals surface area contributed by atoms with Crippen LogP contribution in [0.5, 0.6) is 0 Å². The number of alkyl halides is 6. The van der Waals surface area contributed by atoms with E-state index in [1.54, 1.807) is 0 Å². The van der Waals surface area contributed by atoms with Crippen LogP contribution in [0, 0.1) is 0 Å². The molecule has 3 aromatic rings. The van der Waals surface area contributed by atoms with Gasteiger partial charge in [-0.15, -0.1) is 0 Å². The van der Waals surface area contributed by atoms with E-state index in [1.165, 1.54) is 18.2 Å². The van der Waals surface area contributed by atoms with Crippen molar-refractivity contribution >= 4 is 17.5 Å². The lowest BCUT2D eigenvalue weighted by atomic mass is 9.92. The highest BCUT2D eigenvalue weighted by molar-refractivity contribution is 5.97. The van der Waals surface area contributed by atoms with Crippen molar-refractivity contribution in [3.05, 3.63) is 87.9 Å². The number of anilines is 1. The normalized spacial score (nSPS) is 16.0. The van der Waals surface area contributed by atoms with Crippen molar-refractivity contribution in [2.45, 2.75) is 18.6 Å². The second kappa shape index (κ2) is 8.31. The van der Waals surface area contributed by atoms with Crippen LogP contribution < -0.4 is 26.9 Å². The maximum atomic E-state index is 13.8. The fourth-order valence-electron chi connectivity index (χ4n) is 4.02. The number of aromatic carboxylic acids is 1. The first-order valence-corrected chi connectivity index (χ1v) is 9.94. The summed E-state index contributed by atoms with van der Waals surface area (Å²) in [5.41, 5.74) is 8.01. The number of carboxylic acids is 1. The van der Waals surface area contributed by atoms with Crippen molar-refractivity contribution in [2.75, 3.05) is 4.90 Å². The van der Waals surface area contributed by atoms with Crippen molar-refractivity contribution in [3.63, 3.8) is 0 Å². The van der Waals surface area contributed by atoms with E-state index in [0.29, 0.717) is 0 Å². The summed E-state index contributed by atoms with van der Waals surface area (Å²) in [5, 5.41) is 9.41. The Hall–Kier alpha value is -4.06. The van der Waals surface area contributed by atoms with Crippen LogP contribution in [-0.2, 0) is 12.4 Å². The van der Waals surface area contributed by atoms with Crippen LogP contribution in [0.3, 0.4) is 0 Å². The van der Waals surface area contributed by atoms with E-state index < -0.39 is 63.9 Å². The lowest BCUT2D eigenvalue weighted by molar-refractivity contribution is -0.137. The number of nitrogens with two attached hydrogens (primary N) is 2. The van der Waals surface area contributed by atoms with E-state index in [-0.39, 0.29) is 10.6 Å². The van der Waals surface area contributed by atoms with Gasteiger partial charge in [-0.3, -0.25) is 10.6 Å². The van der Waals surface area contributed by atoms with E-state index in [4.69, 9.17) is 11.5 Å². The van der Waals surface area contributed by atoms with Crippen molar-refractivity contribution in [3.8, 4) is 11.1 Å². The Kier molecular flexibility index (Phi) is 5.71. The summed E-state index contributed by atoms with van der Waals surface area (Å²) in [5.74, 6) is -2.04. The Morgan fingerprint density at radius 3 is 2.06 bits per heavy atom. The van der Waals surface area contributed by atoms with Gasteiger partial charge in [0.05, 0.1) is 27.7 Å². The van der Waals surface area contributed by atoms with Gasteiger partial charge < -0.3 is 10.8 Å². The monoisotopic (exact) mass is 494 g/mol. The van der Waals surface area contributed by atoms with E-state index in [1.807, 2.05) is 0 Å². The number of para-hydroxylation sites is 1. The summed E-state index contributed by atoms with van der Waals surface area (Å²) in [6.07, 6.45) is -11.1. The number of hydrogen-bond donors (Lipinski definition) is 3. The van der Waals surface area contributed by atoms with Gasteiger partial charge in [-0.2, -0.15) is 26.3 Å². The zero-order valence-corrected chi connectivity index (χ0v) is 17.5. The van der Waals surface area contributed by atoms with Gasteiger partial charge in [0.25, 0.3) is 0 Å². The average Bonchev–Trinajstić information content (AvgIpc) is 2.77. The number of halogens is 6. The van der Waals surface area contributed by atoms with Gasteiger partial charge in [0.1, 0.15) is 5.82 Å². The molecule has 1 aliphatic heterocycles. The summed E-state index contributed by atoms with van der Waals surface area (Å²) in [7, 11) is 0. The first kappa shape index (κ1) is 24.1. The van der Waals surface area contributed by atoms with E-state index in [2.05, 4.69) is 4.99 Å². The summed E-state index contributed by atoms with van der Waals surface area (Å²) in [4.78, 5) is 16.9. The second-order valence-corrected chi connectivity index (χ2v) is 7.54. The summed E-state index contributed by atoms with van der Waals surface area (Å²) < 4.78 is 82.6. The standard InChI is InChI=1S/C23H16F6N4O2/c24-22(25,26)13-6-2-1-5-11(13)17-12(20(34)35)9-10-15-18(17)19(30)33(21(31)32-15)16-8-4-3-7-14(16)23(27,28)29/h1-10,21H,30-31H2,(H,34,35). The number of hydrogen-bond acceptors (Lipinski definition) is 5. The first-order valence-electron chi connectivity index (χ1n) is 9.94. The second-order valence-electron chi connectivity index (χ2n) is 7.54. The number of carbonyl (C=O) groups is 1. The summed E-state index contributed by atoms with van der Waals surface area (Å²) in [6.45, 7) is 0. The SMILES string of the molecule is NC1=c2c(-c3ccccc3C(F)(F)F)c(C(=O)O)ccc2=NC(N)N1c1ccccc1C(F)(F)F. The van der Waals surface area contributed by atoms with Gasteiger partial charge in [-0.05, 0) is 35.9 Å². The van der Waals surface area contributed by atoms with Crippen LogP contribution in [-0.4, -0.2) is 17.4 Å². The Balaban J connectivity index is 2.16. The molecule has 35 heavy (non-hydrogen) atoms. The Labute approximate surface area is 193 Å². The van der Waals surface area contributed by atoms with Gasteiger partial charge in [0.15, 0.2) is 6.29 Å². The zero-order chi connectivity index (χ0) is 25.7. The van der Waals surface area contributed by atoms with Crippen molar-refractivity contribution in [1.82, 2.24) is 0 Å². The number of benzene rings is 3. The van der Waals surface area contributed by atoms with Crippen molar-refractivity contribution in [1.29, 1.82) is 0 Å². The molecule has 0 spiro atoms. The van der Waals surface area contributed by atoms with Gasteiger partial charge in [0, 0.05) is 10.8 Å². The fraction of sp³-hybridized carbons (Fsp3) is 0.130. The lowest BCUT2D eigenvalue weighted by Gasteiger charge is -2.33. The highest BCUT2D eigenvalue weighted by Gasteiger charge is 2.38. The highest BCUT2D eigenvalue weighted by atomic mass is 19.4. The van der Waals surface area contributed by atoms with Crippen LogP contribution in [0.4, 0.5) is 32.0 Å². The fourth-order valence-corrected chi connectivity index (χ4v) is 4.02. The van der Waals surface area contributed by atoms with Crippen molar-refractivity contribution < 1.29 is 36.2 Å². The molecule has 0 aliphatic carbocycles. The van der Waals surface area contributed by atoms with Crippen molar-refractivity contribution in [2.24, 2.45) is 16.5 Å². The van der Waals surface area contributed by atoms with Crippen LogP contribution >= 0.6 is 0 Å². The third-order valence-corrected chi connectivity index (χ3v) is 5.44. The summed E-state index contributed by atoms with van der Waals surface area (Å²) >= 11 is 0.